The van der Waals surface area contributed by atoms with Gasteiger partial charge in [-0.3, -0.25) is 4.90 Å². The third kappa shape index (κ3) is 8.05. The van der Waals surface area contributed by atoms with E-state index in [2.05, 4.69) is 18.7 Å². The molecule has 0 aliphatic rings. The molecule has 0 rings (SSSR count). The van der Waals surface area contributed by atoms with Gasteiger partial charge in [0, 0.05) is 46.5 Å². The lowest BCUT2D eigenvalue weighted by Crippen LogP contribution is -2.42. The summed E-state index contributed by atoms with van der Waals surface area (Å²) in [6, 6.07) is 0.236. The van der Waals surface area contributed by atoms with Crippen molar-refractivity contribution in [3.63, 3.8) is 0 Å². The van der Waals surface area contributed by atoms with Gasteiger partial charge < -0.3 is 15.2 Å². The Morgan fingerprint density at radius 3 is 2.19 bits per heavy atom. The number of ether oxygens (including phenoxy) is 2. The summed E-state index contributed by atoms with van der Waals surface area (Å²) in [5, 5.41) is 0. The van der Waals surface area contributed by atoms with Crippen LogP contribution in [-0.4, -0.2) is 58.0 Å². The molecule has 0 amide bonds. The van der Waals surface area contributed by atoms with Crippen LogP contribution in [0.3, 0.4) is 0 Å². The Kier molecular flexibility index (Phi) is 9.92. The second kappa shape index (κ2) is 10.0. The topological polar surface area (TPSA) is 47.7 Å². The van der Waals surface area contributed by atoms with Crippen molar-refractivity contribution < 1.29 is 9.47 Å². The lowest BCUT2D eigenvalue weighted by Gasteiger charge is -2.27. The third-order valence-corrected chi connectivity index (χ3v) is 2.76. The van der Waals surface area contributed by atoms with Crippen molar-refractivity contribution in [2.45, 2.75) is 26.3 Å². The Hall–Kier alpha value is -0.160. The third-order valence-electron chi connectivity index (χ3n) is 2.76. The molecule has 0 aliphatic carbocycles. The number of rotatable bonds is 10. The lowest BCUT2D eigenvalue weighted by molar-refractivity contribution is 0.125. The quantitative estimate of drug-likeness (QED) is 0.570. The maximum absolute atomic E-state index is 6.08. The second-order valence-corrected chi connectivity index (χ2v) is 4.55. The molecule has 0 radical (unpaired) electrons. The van der Waals surface area contributed by atoms with Crippen molar-refractivity contribution in [1.29, 1.82) is 0 Å². The van der Waals surface area contributed by atoms with Crippen LogP contribution in [0.1, 0.15) is 20.3 Å². The van der Waals surface area contributed by atoms with Crippen LogP contribution in [0.25, 0.3) is 0 Å². The first-order valence-electron chi connectivity index (χ1n) is 6.07. The van der Waals surface area contributed by atoms with E-state index < -0.39 is 0 Å². The van der Waals surface area contributed by atoms with E-state index >= 15 is 0 Å². The molecular formula is C12H28N2O2. The van der Waals surface area contributed by atoms with Crippen molar-refractivity contribution in [3.05, 3.63) is 0 Å². The van der Waals surface area contributed by atoms with Crippen LogP contribution < -0.4 is 5.73 Å². The molecule has 2 N–H and O–H groups in total. The van der Waals surface area contributed by atoms with E-state index in [1.165, 1.54) is 0 Å². The summed E-state index contributed by atoms with van der Waals surface area (Å²) in [6.45, 7) is 8.80. The van der Waals surface area contributed by atoms with Gasteiger partial charge in [0.25, 0.3) is 0 Å². The van der Waals surface area contributed by atoms with Crippen LogP contribution in [0.5, 0.6) is 0 Å². The summed E-state index contributed by atoms with van der Waals surface area (Å²) in [5.41, 5.74) is 6.08. The Morgan fingerprint density at radius 1 is 1.06 bits per heavy atom. The lowest BCUT2D eigenvalue weighted by atomic mass is 10.1. The zero-order valence-corrected chi connectivity index (χ0v) is 11.2. The summed E-state index contributed by atoms with van der Waals surface area (Å²) in [4.78, 5) is 2.35. The maximum atomic E-state index is 6.08. The minimum atomic E-state index is 0.236. The fraction of sp³-hybridized carbons (Fsp3) is 1.00. The van der Waals surface area contributed by atoms with E-state index in [1.807, 2.05) is 0 Å². The molecule has 0 aromatic heterocycles. The molecule has 0 saturated heterocycles. The summed E-state index contributed by atoms with van der Waals surface area (Å²) < 4.78 is 10.2. The predicted octanol–water partition coefficient (Wildman–Crippen LogP) is 0.955. The molecule has 16 heavy (non-hydrogen) atoms. The van der Waals surface area contributed by atoms with E-state index in [0.29, 0.717) is 5.92 Å². The van der Waals surface area contributed by atoms with Gasteiger partial charge in [-0.05, 0) is 12.3 Å². The van der Waals surface area contributed by atoms with E-state index in [-0.39, 0.29) is 6.04 Å². The minimum Gasteiger partial charge on any atom is -0.385 e. The van der Waals surface area contributed by atoms with Gasteiger partial charge in [-0.15, -0.1) is 0 Å². The number of nitrogens with two attached hydrogens (primary N) is 1. The summed E-state index contributed by atoms with van der Waals surface area (Å²) in [6.07, 6.45) is 1.05. The van der Waals surface area contributed by atoms with Crippen LogP contribution >= 0.6 is 0 Å². The highest BCUT2D eigenvalue weighted by Gasteiger charge is 2.13. The van der Waals surface area contributed by atoms with Gasteiger partial charge >= 0.3 is 0 Å². The summed E-state index contributed by atoms with van der Waals surface area (Å²) >= 11 is 0. The molecule has 0 bridgehead atoms. The number of hydrogen-bond donors (Lipinski definition) is 1. The highest BCUT2D eigenvalue weighted by atomic mass is 16.5. The Balaban J connectivity index is 3.88. The molecule has 4 heteroatoms. The van der Waals surface area contributed by atoms with Crippen LogP contribution in [0.4, 0.5) is 0 Å². The monoisotopic (exact) mass is 232 g/mol. The first-order valence-corrected chi connectivity index (χ1v) is 6.07. The average Bonchev–Trinajstić information content (AvgIpc) is 2.25. The van der Waals surface area contributed by atoms with Gasteiger partial charge in [0.15, 0.2) is 0 Å². The smallest absolute Gasteiger partial charge is 0.0589 e. The molecule has 0 saturated carbocycles. The maximum Gasteiger partial charge on any atom is 0.0589 e. The predicted molar refractivity (Wildman–Crippen MR) is 67.6 cm³/mol. The molecule has 4 nitrogen and oxygen atoms in total. The van der Waals surface area contributed by atoms with Crippen molar-refractivity contribution in [2.75, 3.05) is 47.1 Å². The van der Waals surface area contributed by atoms with Crippen molar-refractivity contribution in [2.24, 2.45) is 11.7 Å². The van der Waals surface area contributed by atoms with Gasteiger partial charge in [0.2, 0.25) is 0 Å². The van der Waals surface area contributed by atoms with Gasteiger partial charge in [-0.2, -0.15) is 0 Å². The van der Waals surface area contributed by atoms with Gasteiger partial charge in [0.1, 0.15) is 0 Å². The summed E-state index contributed by atoms with van der Waals surface area (Å²) in [7, 11) is 3.47. The zero-order chi connectivity index (χ0) is 12.4. The highest BCUT2D eigenvalue weighted by molar-refractivity contribution is 4.71. The van der Waals surface area contributed by atoms with Gasteiger partial charge in [0.05, 0.1) is 6.61 Å². The van der Waals surface area contributed by atoms with E-state index in [9.17, 15) is 0 Å². The van der Waals surface area contributed by atoms with Crippen molar-refractivity contribution in [1.82, 2.24) is 4.90 Å². The normalized spacial score (nSPS) is 13.7. The van der Waals surface area contributed by atoms with Crippen LogP contribution in [0.2, 0.25) is 0 Å². The molecular weight excluding hydrogens is 204 g/mol. The molecule has 0 fully saturated rings. The van der Waals surface area contributed by atoms with Crippen molar-refractivity contribution in [3.8, 4) is 0 Å². The Morgan fingerprint density at radius 2 is 1.69 bits per heavy atom. The van der Waals surface area contributed by atoms with Gasteiger partial charge in [-0.25, -0.2) is 0 Å². The number of nitrogens with zero attached hydrogens (tertiary/aromatic N) is 1. The molecule has 0 aromatic rings. The molecule has 0 aromatic carbocycles. The van der Waals surface area contributed by atoms with Crippen LogP contribution in [-0.2, 0) is 9.47 Å². The molecule has 98 valence electrons. The Bertz CT molecular complexity index is 154. The molecule has 0 heterocycles. The van der Waals surface area contributed by atoms with E-state index in [0.717, 1.165) is 39.3 Å². The molecule has 0 aliphatic heterocycles. The minimum absolute atomic E-state index is 0.236. The first kappa shape index (κ1) is 15.8. The molecule has 0 spiro atoms. The zero-order valence-electron chi connectivity index (χ0n) is 11.2. The van der Waals surface area contributed by atoms with Gasteiger partial charge in [-0.1, -0.05) is 13.8 Å². The fourth-order valence-corrected chi connectivity index (χ4v) is 1.46. The highest BCUT2D eigenvalue weighted by Crippen LogP contribution is 2.02. The second-order valence-electron chi connectivity index (χ2n) is 4.55. The fourth-order valence-electron chi connectivity index (χ4n) is 1.46. The van der Waals surface area contributed by atoms with E-state index in [4.69, 9.17) is 15.2 Å². The SMILES string of the molecule is COCCCN(CCOC)CC(N)C(C)C. The van der Waals surface area contributed by atoms with E-state index in [1.54, 1.807) is 14.2 Å². The summed E-state index contributed by atoms with van der Waals surface area (Å²) in [5.74, 6) is 0.521. The average molecular weight is 232 g/mol. The van der Waals surface area contributed by atoms with Crippen LogP contribution in [0.15, 0.2) is 0 Å². The van der Waals surface area contributed by atoms with Crippen molar-refractivity contribution >= 4 is 0 Å². The number of hydrogen-bond acceptors (Lipinski definition) is 4. The van der Waals surface area contributed by atoms with Crippen LogP contribution in [0, 0.1) is 5.92 Å². The largest absolute Gasteiger partial charge is 0.385 e. The standard InChI is InChI=1S/C12H28N2O2/c1-11(2)12(13)10-14(7-9-16-4)6-5-8-15-3/h11-12H,5-10,13H2,1-4H3. The Labute approximate surface area is 100 Å². The number of methoxy groups -OCH3 is 2. The molecule has 1 atom stereocenters. The molecule has 1 unspecified atom stereocenters. The first-order chi connectivity index (χ1) is 7.61.